The molecule has 2 heterocycles. The Balaban J connectivity index is 1.36. The summed E-state index contributed by atoms with van der Waals surface area (Å²) in [5.41, 5.74) is 3.23. The van der Waals surface area contributed by atoms with Gasteiger partial charge in [-0.3, -0.25) is 14.6 Å². The van der Waals surface area contributed by atoms with Crippen LogP contribution < -0.4 is 19.5 Å². The number of hydrogen-bond donors (Lipinski definition) is 1. The number of hydrogen-bond acceptors (Lipinski definition) is 7. The summed E-state index contributed by atoms with van der Waals surface area (Å²) in [6.07, 6.45) is -0.132. The molecule has 1 amide bonds. The quantitative estimate of drug-likeness (QED) is 0.564. The molecule has 0 aromatic heterocycles. The number of carbonyl (C=O) groups is 1. The zero-order valence-corrected chi connectivity index (χ0v) is 22.2. The lowest BCUT2D eigenvalue weighted by atomic mass is 10.1. The van der Waals surface area contributed by atoms with E-state index in [2.05, 4.69) is 22.3 Å². The van der Waals surface area contributed by atoms with E-state index in [1.807, 2.05) is 66.5 Å². The number of ether oxygens (including phenoxy) is 4. The number of likely N-dealkylation sites (N-methyl/N-ethyl adjacent to an activating group) is 1. The second-order valence-electron chi connectivity index (χ2n) is 9.97. The molecule has 0 radical (unpaired) electrons. The number of fused-ring (bicyclic) bond motifs is 5. The lowest BCUT2D eigenvalue weighted by Crippen LogP contribution is -2.47. The van der Waals surface area contributed by atoms with E-state index in [9.17, 15) is 4.79 Å². The van der Waals surface area contributed by atoms with Gasteiger partial charge < -0.3 is 24.3 Å². The van der Waals surface area contributed by atoms with Gasteiger partial charge in [-0.1, -0.05) is 30.3 Å². The molecule has 0 saturated carbocycles. The molecule has 3 aromatic carbocycles. The fraction of sp³-hybridized carbons (Fsp3) is 0.367. The Kier molecular flexibility index (Phi) is 8.12. The Hall–Kier alpha value is -3.59. The molecular weight excluding hydrogens is 482 g/mol. The molecule has 8 heteroatoms. The van der Waals surface area contributed by atoms with Gasteiger partial charge in [-0.25, -0.2) is 0 Å². The highest BCUT2D eigenvalue weighted by Crippen LogP contribution is 2.33. The zero-order chi connectivity index (χ0) is 26.5. The van der Waals surface area contributed by atoms with Gasteiger partial charge in [-0.15, -0.1) is 0 Å². The predicted octanol–water partition coefficient (Wildman–Crippen LogP) is 3.83. The maximum atomic E-state index is 13.0. The maximum Gasteiger partial charge on any atom is 0.234 e. The summed E-state index contributed by atoms with van der Waals surface area (Å²) < 4.78 is 23.4. The van der Waals surface area contributed by atoms with Crippen LogP contribution in [0.5, 0.6) is 23.0 Å². The van der Waals surface area contributed by atoms with Crippen LogP contribution in [-0.2, 0) is 29.2 Å². The molecule has 1 saturated heterocycles. The highest BCUT2D eigenvalue weighted by Gasteiger charge is 2.34. The van der Waals surface area contributed by atoms with Gasteiger partial charge in [0.15, 0.2) is 11.5 Å². The lowest BCUT2D eigenvalue weighted by Gasteiger charge is -2.23. The number of carbonyl (C=O) groups excluding carboxylic acids is 1. The molecule has 38 heavy (non-hydrogen) atoms. The first-order chi connectivity index (χ1) is 18.5. The number of nitrogens with zero attached hydrogens (tertiary/aromatic N) is 2. The Morgan fingerprint density at radius 1 is 0.947 bits per heavy atom. The van der Waals surface area contributed by atoms with Crippen molar-refractivity contribution in [3.8, 4) is 23.0 Å². The van der Waals surface area contributed by atoms with Crippen molar-refractivity contribution < 1.29 is 23.7 Å². The van der Waals surface area contributed by atoms with Crippen molar-refractivity contribution in [3.63, 3.8) is 0 Å². The monoisotopic (exact) mass is 517 g/mol. The van der Waals surface area contributed by atoms with Crippen LogP contribution in [0, 0.1) is 0 Å². The number of rotatable bonds is 4. The van der Waals surface area contributed by atoms with Crippen molar-refractivity contribution in [3.05, 3.63) is 83.4 Å². The van der Waals surface area contributed by atoms with Crippen LogP contribution in [0.1, 0.15) is 16.7 Å². The van der Waals surface area contributed by atoms with E-state index in [4.69, 9.17) is 18.9 Å². The van der Waals surface area contributed by atoms with E-state index >= 15 is 0 Å². The predicted molar refractivity (Wildman–Crippen MR) is 145 cm³/mol. The molecule has 8 nitrogen and oxygen atoms in total. The van der Waals surface area contributed by atoms with Crippen molar-refractivity contribution in [2.75, 3.05) is 40.9 Å². The summed E-state index contributed by atoms with van der Waals surface area (Å²) >= 11 is 0. The molecule has 0 spiro atoms. The van der Waals surface area contributed by atoms with Crippen LogP contribution in [0.2, 0.25) is 0 Å². The zero-order valence-electron chi connectivity index (χ0n) is 22.2. The first-order valence-electron chi connectivity index (χ1n) is 12.9. The first kappa shape index (κ1) is 26.0. The Morgan fingerprint density at radius 2 is 1.79 bits per heavy atom. The lowest BCUT2D eigenvalue weighted by molar-refractivity contribution is -0.123. The number of likely N-dealkylation sites (tertiary alicyclic amines) is 1. The Bertz CT molecular complexity index is 1250. The van der Waals surface area contributed by atoms with Crippen molar-refractivity contribution in [1.82, 2.24) is 15.1 Å². The second kappa shape index (κ2) is 11.9. The third-order valence-corrected chi connectivity index (χ3v) is 6.94. The molecule has 4 bridgehead atoms. The van der Waals surface area contributed by atoms with Gasteiger partial charge in [0.25, 0.3) is 0 Å². The van der Waals surface area contributed by atoms with Crippen molar-refractivity contribution in [2.24, 2.45) is 0 Å². The standard InChI is InChI=1S/C30H35N3O5/c1-32-15-22-9-12-27(36-3)28(14-22)38-25-6-4-5-23(13-25)20-37-29-18-33(17-26(29)31-30(34)19-32)16-21-7-10-24(35-2)11-8-21/h4-14,26,29H,15-20H2,1-3H3,(H,31,34)/t26-,29-/m0/s1. The molecule has 1 fully saturated rings. The summed E-state index contributed by atoms with van der Waals surface area (Å²) in [6, 6.07) is 21.8. The number of nitrogens with one attached hydrogen (secondary N) is 1. The number of methoxy groups -OCH3 is 2. The average molecular weight is 518 g/mol. The van der Waals surface area contributed by atoms with Crippen LogP contribution >= 0.6 is 0 Å². The Labute approximate surface area is 224 Å². The van der Waals surface area contributed by atoms with Crippen LogP contribution in [0.15, 0.2) is 66.7 Å². The highest BCUT2D eigenvalue weighted by molar-refractivity contribution is 5.78. The van der Waals surface area contributed by atoms with E-state index in [0.29, 0.717) is 24.7 Å². The summed E-state index contributed by atoms with van der Waals surface area (Å²) in [7, 11) is 5.24. The maximum absolute atomic E-state index is 13.0. The highest BCUT2D eigenvalue weighted by atomic mass is 16.5. The van der Waals surface area contributed by atoms with Crippen molar-refractivity contribution in [2.45, 2.75) is 31.8 Å². The largest absolute Gasteiger partial charge is 0.497 e. The van der Waals surface area contributed by atoms with Gasteiger partial charge in [0.05, 0.1) is 39.5 Å². The minimum Gasteiger partial charge on any atom is -0.497 e. The minimum absolute atomic E-state index is 0.0172. The molecular formula is C30H35N3O5. The smallest absolute Gasteiger partial charge is 0.234 e. The van der Waals surface area contributed by atoms with E-state index in [1.165, 1.54) is 5.56 Å². The topological polar surface area (TPSA) is 72.5 Å². The van der Waals surface area contributed by atoms with Gasteiger partial charge in [-0.2, -0.15) is 0 Å². The molecule has 0 unspecified atom stereocenters. The van der Waals surface area contributed by atoms with Gasteiger partial charge in [0.2, 0.25) is 5.91 Å². The Morgan fingerprint density at radius 3 is 2.58 bits per heavy atom. The molecule has 2 aliphatic rings. The minimum atomic E-state index is -0.132. The first-order valence-corrected chi connectivity index (χ1v) is 12.9. The molecule has 2 atom stereocenters. The summed E-state index contributed by atoms with van der Waals surface area (Å²) in [5.74, 6) is 2.84. The third kappa shape index (κ3) is 6.45. The molecule has 200 valence electrons. The normalized spacial score (nSPS) is 20.8. The molecule has 2 aliphatic heterocycles. The summed E-state index contributed by atoms with van der Waals surface area (Å²) in [6.45, 7) is 3.52. The van der Waals surface area contributed by atoms with E-state index < -0.39 is 0 Å². The molecule has 0 aliphatic carbocycles. The van der Waals surface area contributed by atoms with E-state index in [0.717, 1.165) is 42.3 Å². The van der Waals surface area contributed by atoms with E-state index in [-0.39, 0.29) is 24.6 Å². The van der Waals surface area contributed by atoms with Crippen LogP contribution in [0.4, 0.5) is 0 Å². The molecule has 1 N–H and O–H groups in total. The third-order valence-electron chi connectivity index (χ3n) is 6.94. The fourth-order valence-corrected chi connectivity index (χ4v) is 5.07. The average Bonchev–Trinajstić information content (AvgIpc) is 3.28. The van der Waals surface area contributed by atoms with Crippen LogP contribution in [-0.4, -0.2) is 68.8 Å². The SMILES string of the molecule is COc1ccc(CN2C[C@@H]3NC(=O)CN(C)Cc4ccc(OC)c(c4)Oc4cccc(c4)CO[C@H]3C2)cc1. The van der Waals surface area contributed by atoms with E-state index in [1.54, 1.807) is 14.2 Å². The van der Waals surface area contributed by atoms with Gasteiger partial charge >= 0.3 is 0 Å². The van der Waals surface area contributed by atoms with Gasteiger partial charge in [0.1, 0.15) is 11.5 Å². The van der Waals surface area contributed by atoms with Crippen molar-refractivity contribution in [1.29, 1.82) is 0 Å². The molecule has 3 aromatic rings. The van der Waals surface area contributed by atoms with Gasteiger partial charge in [0, 0.05) is 26.2 Å². The second-order valence-corrected chi connectivity index (χ2v) is 9.97. The molecule has 5 rings (SSSR count). The summed E-state index contributed by atoms with van der Waals surface area (Å²) in [4.78, 5) is 17.4. The summed E-state index contributed by atoms with van der Waals surface area (Å²) in [5, 5.41) is 3.24. The van der Waals surface area contributed by atoms with Crippen LogP contribution in [0.25, 0.3) is 0 Å². The fourth-order valence-electron chi connectivity index (χ4n) is 5.07. The van der Waals surface area contributed by atoms with Crippen molar-refractivity contribution >= 4 is 5.91 Å². The number of amides is 1. The van der Waals surface area contributed by atoms with Crippen LogP contribution in [0.3, 0.4) is 0 Å². The number of benzene rings is 3. The van der Waals surface area contributed by atoms with Gasteiger partial charge in [-0.05, 0) is 60.1 Å².